The number of aromatic amines is 1. The van der Waals surface area contributed by atoms with Crippen LogP contribution in [0, 0.1) is 0 Å². The van der Waals surface area contributed by atoms with Gasteiger partial charge in [-0.2, -0.15) is 0 Å². The maximum absolute atomic E-state index is 11.6. The van der Waals surface area contributed by atoms with Crippen LogP contribution >= 0.6 is 0 Å². The van der Waals surface area contributed by atoms with E-state index in [1.165, 1.54) is 23.9 Å². The molecule has 20 heavy (non-hydrogen) atoms. The Balaban J connectivity index is 1.90. The summed E-state index contributed by atoms with van der Waals surface area (Å²) >= 11 is 0. The van der Waals surface area contributed by atoms with Gasteiger partial charge in [-0.15, -0.1) is 0 Å². The second kappa shape index (κ2) is 6.49. The van der Waals surface area contributed by atoms with E-state index in [9.17, 15) is 14.4 Å². The van der Waals surface area contributed by atoms with Gasteiger partial charge in [-0.05, 0) is 12.8 Å². The molecule has 0 saturated carbocycles. The van der Waals surface area contributed by atoms with E-state index >= 15 is 0 Å². The molecular formula is C12H16N2O6. The molecule has 0 radical (unpaired) electrons. The van der Waals surface area contributed by atoms with Crippen molar-refractivity contribution in [2.75, 3.05) is 20.3 Å². The van der Waals surface area contributed by atoms with Gasteiger partial charge in [0.05, 0.1) is 6.10 Å². The van der Waals surface area contributed by atoms with Gasteiger partial charge in [-0.1, -0.05) is 0 Å². The van der Waals surface area contributed by atoms with Crippen LogP contribution in [0.25, 0.3) is 0 Å². The molecule has 1 aliphatic rings. The topological polar surface area (TPSA) is 99.6 Å². The van der Waals surface area contributed by atoms with Crippen molar-refractivity contribution in [3.05, 3.63) is 33.1 Å². The largest absolute Gasteiger partial charge is 0.461 e. The predicted octanol–water partition coefficient (Wildman–Crippen LogP) is -0.596. The molecule has 2 rings (SSSR count). The first-order valence-corrected chi connectivity index (χ1v) is 6.21. The lowest BCUT2D eigenvalue weighted by Crippen LogP contribution is -2.32. The van der Waals surface area contributed by atoms with Crippen molar-refractivity contribution >= 4 is 5.97 Å². The minimum Gasteiger partial charge on any atom is -0.461 e. The van der Waals surface area contributed by atoms with Crippen LogP contribution in [0.15, 0.2) is 21.9 Å². The summed E-state index contributed by atoms with van der Waals surface area (Å²) in [7, 11) is 1.41. The van der Waals surface area contributed by atoms with E-state index < -0.39 is 23.4 Å². The SMILES string of the molecule is COCC(=O)OCC1CCC(n2ccc(=O)[nH]c2=O)O1. The number of methoxy groups -OCH3 is 1. The fourth-order valence-electron chi connectivity index (χ4n) is 2.01. The summed E-state index contributed by atoms with van der Waals surface area (Å²) in [5.41, 5.74) is -0.964. The molecule has 1 saturated heterocycles. The number of nitrogens with one attached hydrogen (secondary N) is 1. The monoisotopic (exact) mass is 284 g/mol. The molecule has 110 valence electrons. The summed E-state index contributed by atoms with van der Waals surface area (Å²) in [5.74, 6) is -0.458. The van der Waals surface area contributed by atoms with Crippen molar-refractivity contribution < 1.29 is 19.0 Å². The Labute approximate surface area is 114 Å². The Morgan fingerprint density at radius 3 is 3.00 bits per heavy atom. The van der Waals surface area contributed by atoms with Crippen LogP contribution in [-0.2, 0) is 19.0 Å². The van der Waals surface area contributed by atoms with Crippen LogP contribution < -0.4 is 11.2 Å². The number of carbonyl (C=O) groups is 1. The van der Waals surface area contributed by atoms with Crippen molar-refractivity contribution in [2.45, 2.75) is 25.2 Å². The van der Waals surface area contributed by atoms with Gasteiger partial charge in [-0.3, -0.25) is 14.3 Å². The number of esters is 1. The molecule has 2 unspecified atom stereocenters. The van der Waals surface area contributed by atoms with Crippen molar-refractivity contribution in [1.82, 2.24) is 9.55 Å². The molecule has 8 heteroatoms. The van der Waals surface area contributed by atoms with Gasteiger partial charge in [0, 0.05) is 19.4 Å². The molecule has 2 heterocycles. The summed E-state index contributed by atoms with van der Waals surface area (Å²) in [6, 6.07) is 1.26. The zero-order chi connectivity index (χ0) is 14.5. The van der Waals surface area contributed by atoms with E-state index in [-0.39, 0.29) is 19.3 Å². The first kappa shape index (κ1) is 14.5. The summed E-state index contributed by atoms with van der Waals surface area (Å²) in [6.45, 7) is 0.0202. The lowest BCUT2D eigenvalue weighted by atomic mass is 10.2. The number of hydrogen-bond acceptors (Lipinski definition) is 6. The number of nitrogens with zero attached hydrogens (tertiary/aromatic N) is 1. The third kappa shape index (κ3) is 3.55. The van der Waals surface area contributed by atoms with Crippen molar-refractivity contribution in [3.8, 4) is 0 Å². The van der Waals surface area contributed by atoms with Crippen LogP contribution in [-0.4, -0.2) is 41.9 Å². The van der Waals surface area contributed by atoms with E-state index in [0.29, 0.717) is 12.8 Å². The molecule has 0 aliphatic carbocycles. The van der Waals surface area contributed by atoms with Crippen LogP contribution in [0.4, 0.5) is 0 Å². The highest BCUT2D eigenvalue weighted by Gasteiger charge is 2.28. The van der Waals surface area contributed by atoms with Crippen LogP contribution in [0.1, 0.15) is 19.1 Å². The van der Waals surface area contributed by atoms with Gasteiger partial charge in [0.2, 0.25) is 0 Å². The fraction of sp³-hybridized carbons (Fsp3) is 0.583. The Morgan fingerprint density at radius 1 is 1.50 bits per heavy atom. The Morgan fingerprint density at radius 2 is 2.30 bits per heavy atom. The molecule has 1 aliphatic heterocycles. The second-order valence-corrected chi connectivity index (χ2v) is 4.42. The lowest BCUT2D eigenvalue weighted by Gasteiger charge is -2.15. The quantitative estimate of drug-likeness (QED) is 0.725. The van der Waals surface area contributed by atoms with Gasteiger partial charge < -0.3 is 14.2 Å². The zero-order valence-electron chi connectivity index (χ0n) is 11.0. The van der Waals surface area contributed by atoms with E-state index in [2.05, 4.69) is 9.72 Å². The molecule has 1 fully saturated rings. The van der Waals surface area contributed by atoms with E-state index in [0.717, 1.165) is 0 Å². The molecule has 1 N–H and O–H groups in total. The number of rotatable bonds is 5. The van der Waals surface area contributed by atoms with Crippen LogP contribution in [0.3, 0.4) is 0 Å². The standard InChI is InChI=1S/C12H16N2O6/c1-18-7-11(16)19-6-8-2-3-10(20-8)14-5-4-9(15)13-12(14)17/h4-5,8,10H,2-3,6-7H2,1H3,(H,13,15,17). The van der Waals surface area contributed by atoms with Crippen LogP contribution in [0.5, 0.6) is 0 Å². The normalized spacial score (nSPS) is 21.9. The average molecular weight is 284 g/mol. The highest BCUT2D eigenvalue weighted by Crippen LogP contribution is 2.26. The number of carbonyl (C=O) groups excluding carboxylic acids is 1. The molecule has 1 aromatic rings. The summed E-state index contributed by atoms with van der Waals surface area (Å²) in [4.78, 5) is 35.9. The minimum atomic E-state index is -0.514. The van der Waals surface area contributed by atoms with Gasteiger partial charge in [0.15, 0.2) is 0 Å². The molecule has 0 spiro atoms. The highest BCUT2D eigenvalue weighted by atomic mass is 16.6. The first-order chi connectivity index (χ1) is 9.60. The molecule has 0 bridgehead atoms. The van der Waals surface area contributed by atoms with Crippen LogP contribution in [0.2, 0.25) is 0 Å². The summed E-state index contributed by atoms with van der Waals surface area (Å²) in [5, 5.41) is 0. The van der Waals surface area contributed by atoms with E-state index in [4.69, 9.17) is 9.47 Å². The number of H-pyrrole nitrogens is 1. The first-order valence-electron chi connectivity index (χ1n) is 6.21. The highest BCUT2D eigenvalue weighted by molar-refractivity contribution is 5.70. The van der Waals surface area contributed by atoms with E-state index in [1.807, 2.05) is 0 Å². The van der Waals surface area contributed by atoms with Crippen molar-refractivity contribution in [1.29, 1.82) is 0 Å². The number of aromatic nitrogens is 2. The number of hydrogen-bond donors (Lipinski definition) is 1. The van der Waals surface area contributed by atoms with Gasteiger partial charge in [0.25, 0.3) is 5.56 Å². The fourth-order valence-corrected chi connectivity index (χ4v) is 2.01. The summed E-state index contributed by atoms with van der Waals surface area (Å²) < 4.78 is 16.5. The average Bonchev–Trinajstić information content (AvgIpc) is 2.85. The molecule has 0 amide bonds. The van der Waals surface area contributed by atoms with E-state index in [1.54, 1.807) is 0 Å². The second-order valence-electron chi connectivity index (χ2n) is 4.42. The Kier molecular flexibility index (Phi) is 4.70. The Hall–Kier alpha value is -1.93. The maximum Gasteiger partial charge on any atom is 0.332 e. The molecular weight excluding hydrogens is 268 g/mol. The van der Waals surface area contributed by atoms with Gasteiger partial charge >= 0.3 is 11.7 Å². The molecule has 0 aromatic carbocycles. The lowest BCUT2D eigenvalue weighted by molar-refractivity contribution is -0.152. The van der Waals surface area contributed by atoms with Gasteiger partial charge in [0.1, 0.15) is 19.4 Å². The maximum atomic E-state index is 11.6. The third-order valence-electron chi connectivity index (χ3n) is 2.94. The summed E-state index contributed by atoms with van der Waals surface area (Å²) in [6.07, 6.45) is 1.95. The molecule has 8 nitrogen and oxygen atoms in total. The Bertz CT molecular complexity index is 578. The predicted molar refractivity (Wildman–Crippen MR) is 67.3 cm³/mol. The van der Waals surface area contributed by atoms with Crippen molar-refractivity contribution in [2.24, 2.45) is 0 Å². The zero-order valence-corrected chi connectivity index (χ0v) is 11.0. The molecule has 1 aromatic heterocycles. The minimum absolute atomic E-state index is 0.102. The number of ether oxygens (including phenoxy) is 3. The smallest absolute Gasteiger partial charge is 0.332 e. The van der Waals surface area contributed by atoms with Gasteiger partial charge in [-0.25, -0.2) is 9.59 Å². The van der Waals surface area contributed by atoms with Crippen molar-refractivity contribution in [3.63, 3.8) is 0 Å². The molecule has 2 atom stereocenters. The third-order valence-corrected chi connectivity index (χ3v) is 2.94.